The minimum absolute atomic E-state index is 0.0879. The second-order valence-corrected chi connectivity index (χ2v) is 6.74. The van der Waals surface area contributed by atoms with Crippen LogP contribution in [0.4, 0.5) is 5.69 Å². The summed E-state index contributed by atoms with van der Waals surface area (Å²) in [7, 11) is 1.62. The molecule has 2 N–H and O–H groups in total. The van der Waals surface area contributed by atoms with Gasteiger partial charge in [0.15, 0.2) is 0 Å². The molecule has 7 heteroatoms. The second-order valence-electron chi connectivity index (χ2n) is 6.74. The van der Waals surface area contributed by atoms with Gasteiger partial charge in [-0.2, -0.15) is 0 Å². The molecule has 0 spiro atoms. The topological polar surface area (TPSA) is 85.6 Å². The van der Waals surface area contributed by atoms with Crippen LogP contribution in [-0.4, -0.2) is 44.5 Å². The average molecular weight is 373 g/mol. The zero-order chi connectivity index (χ0) is 19.2. The van der Waals surface area contributed by atoms with Gasteiger partial charge in [-0.05, 0) is 44.9 Å². The third-order valence-corrected chi connectivity index (χ3v) is 4.56. The van der Waals surface area contributed by atoms with E-state index >= 15 is 0 Å². The van der Waals surface area contributed by atoms with Gasteiger partial charge in [0.2, 0.25) is 5.91 Å². The highest BCUT2D eigenvalue weighted by molar-refractivity contribution is 5.95. The summed E-state index contributed by atoms with van der Waals surface area (Å²) in [6.07, 6.45) is 1.97. The highest BCUT2D eigenvalue weighted by Crippen LogP contribution is 2.37. The molecule has 27 heavy (non-hydrogen) atoms. The maximum Gasteiger partial charge on any atom is 0.227 e. The summed E-state index contributed by atoms with van der Waals surface area (Å²) in [5, 5.41) is 10.1. The molecule has 2 heterocycles. The van der Waals surface area contributed by atoms with Gasteiger partial charge in [-0.1, -0.05) is 5.16 Å². The molecule has 0 radical (unpaired) electrons. The van der Waals surface area contributed by atoms with Crippen molar-refractivity contribution >= 4 is 11.6 Å². The summed E-state index contributed by atoms with van der Waals surface area (Å²) < 4.78 is 15.6. The second kappa shape index (κ2) is 9.01. The first-order valence-corrected chi connectivity index (χ1v) is 9.30. The van der Waals surface area contributed by atoms with Crippen molar-refractivity contribution in [2.45, 2.75) is 26.7 Å². The van der Waals surface area contributed by atoms with Crippen LogP contribution in [0.15, 0.2) is 22.7 Å². The molecule has 7 nitrogen and oxygen atoms in total. The summed E-state index contributed by atoms with van der Waals surface area (Å²) in [5.74, 6) is 1.73. The van der Waals surface area contributed by atoms with E-state index in [0.29, 0.717) is 0 Å². The van der Waals surface area contributed by atoms with E-state index in [2.05, 4.69) is 15.8 Å². The van der Waals surface area contributed by atoms with E-state index in [1.54, 1.807) is 7.11 Å². The summed E-state index contributed by atoms with van der Waals surface area (Å²) in [4.78, 5) is 11.9. The van der Waals surface area contributed by atoms with Gasteiger partial charge in [0.05, 0.1) is 31.6 Å². The average Bonchev–Trinajstić information content (AvgIpc) is 3.49. The van der Waals surface area contributed by atoms with Gasteiger partial charge in [-0.15, -0.1) is 0 Å². The Morgan fingerprint density at radius 2 is 2.00 bits per heavy atom. The number of methoxy groups -OCH3 is 1. The van der Waals surface area contributed by atoms with E-state index in [1.807, 2.05) is 32.0 Å². The van der Waals surface area contributed by atoms with Crippen molar-refractivity contribution in [3.63, 3.8) is 0 Å². The van der Waals surface area contributed by atoms with Crippen LogP contribution >= 0.6 is 0 Å². The zero-order valence-electron chi connectivity index (χ0n) is 16.1. The molecule has 0 atom stereocenters. The monoisotopic (exact) mass is 373 g/mol. The molecular formula is C20H27N3O4. The summed E-state index contributed by atoms with van der Waals surface area (Å²) in [6, 6.07) is 5.61. The SMILES string of the molecule is C1COCCN1.COc1ccc(NC(=O)C2CC2)cc1-c1c(C)noc1C. The number of rotatable bonds is 4. The lowest BCUT2D eigenvalue weighted by Gasteiger charge is -2.11. The molecule has 1 saturated carbocycles. The first-order valence-electron chi connectivity index (χ1n) is 9.30. The normalized spacial score (nSPS) is 16.3. The molecule has 2 aliphatic rings. The fourth-order valence-electron chi connectivity index (χ4n) is 2.95. The molecule has 2 fully saturated rings. The fraction of sp³-hybridized carbons (Fsp3) is 0.500. The van der Waals surface area contributed by atoms with Crippen LogP contribution in [-0.2, 0) is 9.53 Å². The number of aryl methyl sites for hydroxylation is 2. The van der Waals surface area contributed by atoms with Crippen molar-refractivity contribution in [2.75, 3.05) is 38.7 Å². The number of carbonyl (C=O) groups excluding carboxylic acids is 1. The number of nitrogens with one attached hydrogen (secondary N) is 2. The Hall–Kier alpha value is -2.38. The van der Waals surface area contributed by atoms with Crippen molar-refractivity contribution in [2.24, 2.45) is 5.92 Å². The number of anilines is 1. The van der Waals surface area contributed by atoms with Gasteiger partial charge in [0.1, 0.15) is 11.5 Å². The molecule has 1 aliphatic heterocycles. The van der Waals surface area contributed by atoms with E-state index in [1.165, 1.54) is 0 Å². The van der Waals surface area contributed by atoms with E-state index in [4.69, 9.17) is 14.0 Å². The number of aromatic nitrogens is 1. The smallest absolute Gasteiger partial charge is 0.227 e. The van der Waals surface area contributed by atoms with Gasteiger partial charge >= 0.3 is 0 Å². The molecular weight excluding hydrogens is 346 g/mol. The summed E-state index contributed by atoms with van der Waals surface area (Å²) >= 11 is 0. The zero-order valence-corrected chi connectivity index (χ0v) is 16.1. The predicted molar refractivity (Wildman–Crippen MR) is 103 cm³/mol. The Morgan fingerprint density at radius 1 is 1.26 bits per heavy atom. The lowest BCUT2D eigenvalue weighted by Crippen LogP contribution is -2.30. The van der Waals surface area contributed by atoms with E-state index in [0.717, 1.165) is 73.2 Å². The van der Waals surface area contributed by atoms with Crippen molar-refractivity contribution in [3.8, 4) is 16.9 Å². The molecule has 146 valence electrons. The van der Waals surface area contributed by atoms with Crippen molar-refractivity contribution < 1.29 is 18.8 Å². The number of amides is 1. The molecule has 0 unspecified atom stereocenters. The molecule has 1 aromatic carbocycles. The maximum atomic E-state index is 11.9. The quantitative estimate of drug-likeness (QED) is 0.857. The fourth-order valence-corrected chi connectivity index (χ4v) is 2.95. The van der Waals surface area contributed by atoms with Crippen LogP contribution < -0.4 is 15.4 Å². The number of nitrogens with zero attached hydrogens (tertiary/aromatic N) is 1. The first-order chi connectivity index (χ1) is 13.1. The molecule has 1 aromatic heterocycles. The van der Waals surface area contributed by atoms with Crippen LogP contribution in [0.2, 0.25) is 0 Å². The van der Waals surface area contributed by atoms with Crippen molar-refractivity contribution in [1.29, 1.82) is 0 Å². The van der Waals surface area contributed by atoms with Crippen LogP contribution in [0.5, 0.6) is 5.75 Å². The molecule has 4 rings (SSSR count). The summed E-state index contributed by atoms with van der Waals surface area (Å²) in [6.45, 7) is 7.59. The molecule has 1 amide bonds. The highest BCUT2D eigenvalue weighted by Gasteiger charge is 2.29. The highest BCUT2D eigenvalue weighted by atomic mass is 16.5. The molecule has 1 aliphatic carbocycles. The van der Waals surface area contributed by atoms with Crippen LogP contribution in [0.1, 0.15) is 24.3 Å². The Morgan fingerprint density at radius 3 is 2.48 bits per heavy atom. The van der Waals surface area contributed by atoms with Crippen molar-refractivity contribution in [3.05, 3.63) is 29.7 Å². The summed E-state index contributed by atoms with van der Waals surface area (Å²) in [5.41, 5.74) is 3.36. The number of ether oxygens (including phenoxy) is 2. The Labute approximate surface area is 159 Å². The number of hydrogen-bond donors (Lipinski definition) is 2. The number of benzene rings is 1. The van der Waals surface area contributed by atoms with Gasteiger partial charge in [-0.25, -0.2) is 0 Å². The van der Waals surface area contributed by atoms with Gasteiger partial charge < -0.3 is 24.6 Å². The van der Waals surface area contributed by atoms with E-state index < -0.39 is 0 Å². The van der Waals surface area contributed by atoms with E-state index in [9.17, 15) is 4.79 Å². The number of hydrogen-bond acceptors (Lipinski definition) is 6. The van der Waals surface area contributed by atoms with Gasteiger partial charge in [0.25, 0.3) is 0 Å². The minimum atomic E-state index is 0.0879. The first kappa shape index (κ1) is 19.4. The molecule has 2 aromatic rings. The lowest BCUT2D eigenvalue weighted by atomic mass is 10.0. The Bertz CT molecular complexity index is 749. The minimum Gasteiger partial charge on any atom is -0.496 e. The lowest BCUT2D eigenvalue weighted by molar-refractivity contribution is -0.117. The van der Waals surface area contributed by atoms with Crippen LogP contribution in [0.3, 0.4) is 0 Å². The standard InChI is InChI=1S/C16H18N2O3.C4H9NO/c1-9-15(10(2)21-18-9)13-8-12(6-7-14(13)20-3)17-16(19)11-4-5-11;1-3-6-4-2-5-1/h6-8,11H,4-5H2,1-3H3,(H,17,19);5H,1-4H2. The van der Waals surface area contributed by atoms with Crippen molar-refractivity contribution in [1.82, 2.24) is 10.5 Å². The third kappa shape index (κ3) is 5.08. The predicted octanol–water partition coefficient (Wildman–Crippen LogP) is 2.92. The van der Waals surface area contributed by atoms with Crippen LogP contribution in [0.25, 0.3) is 11.1 Å². The molecule has 1 saturated heterocycles. The largest absolute Gasteiger partial charge is 0.496 e. The third-order valence-electron chi connectivity index (χ3n) is 4.56. The number of carbonyl (C=O) groups is 1. The number of morpholine rings is 1. The Balaban J connectivity index is 0.000000299. The van der Waals surface area contributed by atoms with Gasteiger partial charge in [0, 0.05) is 30.3 Å². The Kier molecular flexibility index (Phi) is 6.47. The maximum absolute atomic E-state index is 11.9. The molecule has 0 bridgehead atoms. The van der Waals surface area contributed by atoms with E-state index in [-0.39, 0.29) is 11.8 Å². The van der Waals surface area contributed by atoms with Crippen LogP contribution in [0, 0.1) is 19.8 Å². The van der Waals surface area contributed by atoms with Gasteiger partial charge in [-0.3, -0.25) is 4.79 Å².